The number of ether oxygens (including phenoxy) is 1. The van der Waals surface area contributed by atoms with Crippen molar-refractivity contribution in [1.29, 1.82) is 0 Å². The average molecular weight is 236 g/mol. The van der Waals surface area contributed by atoms with Crippen molar-refractivity contribution in [1.82, 2.24) is 0 Å². The highest BCUT2D eigenvalue weighted by Crippen LogP contribution is 2.20. The zero-order chi connectivity index (χ0) is 12.3. The molecular weight excluding hydrogens is 220 g/mol. The normalized spacial score (nSPS) is 28.2. The number of benzene rings is 1. The third-order valence-corrected chi connectivity index (χ3v) is 2.82. The predicted molar refractivity (Wildman–Crippen MR) is 62.2 cm³/mol. The zero-order valence-electron chi connectivity index (χ0n) is 9.36. The van der Waals surface area contributed by atoms with Crippen molar-refractivity contribution in [2.24, 2.45) is 0 Å². The summed E-state index contributed by atoms with van der Waals surface area (Å²) in [6.45, 7) is 0.654. The van der Waals surface area contributed by atoms with Crippen LogP contribution in [0.1, 0.15) is 5.56 Å². The smallest absolute Gasteiger partial charge is 0.113 e. The van der Waals surface area contributed by atoms with Gasteiger partial charge in [-0.05, 0) is 17.2 Å². The first-order valence-corrected chi connectivity index (χ1v) is 5.55. The van der Waals surface area contributed by atoms with Crippen LogP contribution in [-0.4, -0.2) is 40.2 Å². The molecule has 1 aromatic rings. The van der Waals surface area contributed by atoms with Gasteiger partial charge in [-0.3, -0.25) is 0 Å². The molecule has 3 N–H and O–H groups in total. The lowest BCUT2D eigenvalue weighted by Gasteiger charge is -2.14. The fourth-order valence-corrected chi connectivity index (χ4v) is 1.82. The highest BCUT2D eigenvalue weighted by atomic mass is 16.5. The molecule has 0 saturated carbocycles. The second-order valence-electron chi connectivity index (χ2n) is 4.15. The second kappa shape index (κ2) is 5.42. The molecule has 0 spiro atoms. The second-order valence-corrected chi connectivity index (χ2v) is 4.15. The van der Waals surface area contributed by atoms with Crippen molar-refractivity contribution >= 4 is 0 Å². The van der Waals surface area contributed by atoms with Crippen LogP contribution < -0.4 is 0 Å². The number of rotatable bonds is 4. The Labute approximate surface area is 99.8 Å². The Hall–Kier alpha value is -1.20. The molecule has 0 amide bonds. The average Bonchev–Trinajstić information content (AvgIpc) is 2.59. The summed E-state index contributed by atoms with van der Waals surface area (Å²) in [4.78, 5) is 0. The van der Waals surface area contributed by atoms with Gasteiger partial charge in [0.2, 0.25) is 0 Å². The summed E-state index contributed by atoms with van der Waals surface area (Å²) >= 11 is 0. The maximum atomic E-state index is 9.57. The number of aliphatic hydroxyl groups excluding tert-OH is 3. The maximum absolute atomic E-state index is 9.57. The lowest BCUT2D eigenvalue weighted by atomic mass is 10.1. The summed E-state index contributed by atoms with van der Waals surface area (Å²) in [5.41, 5.74) is 1.57. The Morgan fingerprint density at radius 2 is 1.71 bits per heavy atom. The highest BCUT2D eigenvalue weighted by molar-refractivity contribution is 5.22. The van der Waals surface area contributed by atoms with Crippen LogP contribution in [-0.2, 0) is 11.3 Å². The van der Waals surface area contributed by atoms with E-state index in [1.807, 2.05) is 30.3 Å². The van der Waals surface area contributed by atoms with Gasteiger partial charge in [0, 0.05) is 0 Å². The van der Waals surface area contributed by atoms with Crippen molar-refractivity contribution in [2.75, 3.05) is 6.61 Å². The first kappa shape index (κ1) is 12.3. The molecule has 0 radical (unpaired) electrons. The van der Waals surface area contributed by atoms with Crippen molar-refractivity contribution in [3.05, 3.63) is 47.5 Å². The van der Waals surface area contributed by atoms with E-state index >= 15 is 0 Å². The summed E-state index contributed by atoms with van der Waals surface area (Å²) in [6.07, 6.45) is -1.72. The van der Waals surface area contributed by atoms with Crippen LogP contribution in [0.5, 0.6) is 0 Å². The molecule has 4 heteroatoms. The molecule has 17 heavy (non-hydrogen) atoms. The van der Waals surface area contributed by atoms with Gasteiger partial charge in [-0.1, -0.05) is 30.3 Å². The molecule has 0 fully saturated rings. The fourth-order valence-electron chi connectivity index (χ4n) is 1.82. The maximum Gasteiger partial charge on any atom is 0.113 e. The number of hydrogen-bond acceptors (Lipinski definition) is 4. The van der Waals surface area contributed by atoms with E-state index in [0.717, 1.165) is 5.56 Å². The third-order valence-electron chi connectivity index (χ3n) is 2.82. The third kappa shape index (κ3) is 2.92. The lowest BCUT2D eigenvalue weighted by molar-refractivity contribution is -0.0147. The van der Waals surface area contributed by atoms with Crippen LogP contribution in [0.2, 0.25) is 0 Å². The molecule has 0 saturated heterocycles. The quantitative estimate of drug-likeness (QED) is 0.654. The monoisotopic (exact) mass is 236 g/mol. The molecule has 1 aromatic carbocycles. The molecule has 92 valence electrons. The van der Waals surface area contributed by atoms with Crippen LogP contribution in [0.15, 0.2) is 42.0 Å². The van der Waals surface area contributed by atoms with E-state index in [-0.39, 0.29) is 6.61 Å². The molecule has 1 aliphatic rings. The van der Waals surface area contributed by atoms with Crippen LogP contribution in [0, 0.1) is 0 Å². The van der Waals surface area contributed by atoms with Gasteiger partial charge in [-0.25, -0.2) is 0 Å². The summed E-state index contributed by atoms with van der Waals surface area (Å²) in [5.74, 6) is 0. The summed E-state index contributed by atoms with van der Waals surface area (Å²) in [5, 5.41) is 28.2. The van der Waals surface area contributed by atoms with E-state index in [4.69, 9.17) is 4.74 Å². The molecule has 0 aromatic heterocycles. The first-order chi connectivity index (χ1) is 8.18. The van der Waals surface area contributed by atoms with Gasteiger partial charge in [0.1, 0.15) is 18.3 Å². The van der Waals surface area contributed by atoms with E-state index in [0.29, 0.717) is 12.2 Å². The topological polar surface area (TPSA) is 69.9 Å². The predicted octanol–water partition coefficient (Wildman–Crippen LogP) is 0.226. The summed E-state index contributed by atoms with van der Waals surface area (Å²) in [6, 6.07) is 9.68. The van der Waals surface area contributed by atoms with Crippen LogP contribution in [0.4, 0.5) is 0 Å². The van der Waals surface area contributed by atoms with E-state index < -0.39 is 18.3 Å². The molecule has 0 aliphatic heterocycles. The van der Waals surface area contributed by atoms with Gasteiger partial charge < -0.3 is 20.1 Å². The van der Waals surface area contributed by atoms with Crippen molar-refractivity contribution in [3.8, 4) is 0 Å². The van der Waals surface area contributed by atoms with E-state index in [1.54, 1.807) is 0 Å². The SMILES string of the molecule is O[C@@H]1[C@H](O)C(COCc2ccccc2)=C[C@@H]1O. The minimum absolute atomic E-state index is 0.212. The highest BCUT2D eigenvalue weighted by Gasteiger charge is 2.33. The Morgan fingerprint density at radius 1 is 1.00 bits per heavy atom. The van der Waals surface area contributed by atoms with Crippen LogP contribution >= 0.6 is 0 Å². The molecular formula is C13H16O4. The summed E-state index contributed by atoms with van der Waals surface area (Å²) in [7, 11) is 0. The van der Waals surface area contributed by atoms with Crippen molar-refractivity contribution in [2.45, 2.75) is 24.9 Å². The van der Waals surface area contributed by atoms with Gasteiger partial charge in [0.15, 0.2) is 0 Å². The Morgan fingerprint density at radius 3 is 2.29 bits per heavy atom. The molecule has 0 unspecified atom stereocenters. The van der Waals surface area contributed by atoms with E-state index in [9.17, 15) is 15.3 Å². The Bertz CT molecular complexity index is 388. The largest absolute Gasteiger partial charge is 0.387 e. The molecule has 0 heterocycles. The molecule has 3 atom stereocenters. The minimum atomic E-state index is -1.13. The molecule has 4 nitrogen and oxygen atoms in total. The van der Waals surface area contributed by atoms with Crippen molar-refractivity contribution < 1.29 is 20.1 Å². The fraction of sp³-hybridized carbons (Fsp3) is 0.385. The molecule has 0 bridgehead atoms. The number of hydrogen-bond donors (Lipinski definition) is 3. The van der Waals surface area contributed by atoms with Crippen LogP contribution in [0.3, 0.4) is 0 Å². The number of aliphatic hydroxyl groups is 3. The van der Waals surface area contributed by atoms with Gasteiger partial charge in [-0.2, -0.15) is 0 Å². The lowest BCUT2D eigenvalue weighted by Crippen LogP contribution is -2.31. The first-order valence-electron chi connectivity index (χ1n) is 5.55. The van der Waals surface area contributed by atoms with Crippen molar-refractivity contribution in [3.63, 3.8) is 0 Å². The van der Waals surface area contributed by atoms with Gasteiger partial charge >= 0.3 is 0 Å². The Balaban J connectivity index is 1.82. The van der Waals surface area contributed by atoms with Gasteiger partial charge in [0.05, 0.1) is 13.2 Å². The minimum Gasteiger partial charge on any atom is -0.387 e. The standard InChI is InChI=1S/C13H16O4/c14-11-6-10(12(15)13(11)16)8-17-7-9-4-2-1-3-5-9/h1-6,11-16H,7-8H2/t11-,12+,13-/m0/s1. The summed E-state index contributed by atoms with van der Waals surface area (Å²) < 4.78 is 5.42. The Kier molecular flexibility index (Phi) is 3.91. The van der Waals surface area contributed by atoms with Gasteiger partial charge in [0.25, 0.3) is 0 Å². The molecule has 1 aliphatic carbocycles. The van der Waals surface area contributed by atoms with Crippen LogP contribution in [0.25, 0.3) is 0 Å². The van der Waals surface area contributed by atoms with E-state index in [1.165, 1.54) is 6.08 Å². The van der Waals surface area contributed by atoms with Gasteiger partial charge in [-0.15, -0.1) is 0 Å². The van der Waals surface area contributed by atoms with E-state index in [2.05, 4.69) is 0 Å². The zero-order valence-corrected chi connectivity index (χ0v) is 9.36. The molecule has 2 rings (SSSR count).